The Morgan fingerprint density at radius 3 is 2.85 bits per heavy atom. The van der Waals surface area contributed by atoms with E-state index in [-0.39, 0.29) is 0 Å². The van der Waals surface area contributed by atoms with E-state index < -0.39 is 0 Å². The van der Waals surface area contributed by atoms with Gasteiger partial charge in [0, 0.05) is 25.2 Å². The van der Waals surface area contributed by atoms with E-state index in [2.05, 4.69) is 36.1 Å². The predicted octanol–water partition coefficient (Wildman–Crippen LogP) is 2.35. The molecule has 1 saturated heterocycles. The Morgan fingerprint density at radius 2 is 2.20 bits per heavy atom. The Morgan fingerprint density at radius 1 is 1.35 bits per heavy atom. The zero-order chi connectivity index (χ0) is 13.5. The van der Waals surface area contributed by atoms with Crippen LogP contribution < -0.4 is 0 Å². The molecule has 3 heterocycles. The van der Waals surface area contributed by atoms with Crippen LogP contribution in [0.3, 0.4) is 0 Å². The molecule has 4 rings (SSSR count). The molecule has 0 unspecified atom stereocenters. The van der Waals surface area contributed by atoms with Crippen molar-refractivity contribution in [3.8, 4) is 0 Å². The fourth-order valence-corrected chi connectivity index (χ4v) is 3.01. The maximum absolute atomic E-state index is 5.34. The molecule has 106 valence electrons. The van der Waals surface area contributed by atoms with Gasteiger partial charge in [0.2, 0.25) is 5.89 Å². The molecule has 6 nitrogen and oxygen atoms in total. The monoisotopic (exact) mass is 337 g/mol. The fourth-order valence-electron chi connectivity index (χ4n) is 2.71. The number of likely N-dealkylation sites (tertiary alicyclic amines) is 1. The van der Waals surface area contributed by atoms with Crippen molar-refractivity contribution in [1.82, 2.24) is 24.8 Å². The Bertz CT molecular complexity index is 599. The summed E-state index contributed by atoms with van der Waals surface area (Å²) in [6.07, 6.45) is 7.52. The van der Waals surface area contributed by atoms with Crippen LogP contribution in [-0.4, -0.2) is 37.9 Å². The Balaban J connectivity index is 1.31. The van der Waals surface area contributed by atoms with Crippen LogP contribution in [0.25, 0.3) is 0 Å². The van der Waals surface area contributed by atoms with E-state index in [1.165, 1.54) is 19.3 Å². The molecule has 0 radical (unpaired) electrons. The van der Waals surface area contributed by atoms with Crippen molar-refractivity contribution in [2.24, 2.45) is 0 Å². The molecule has 7 heteroatoms. The first-order chi connectivity index (χ1) is 9.78. The zero-order valence-electron chi connectivity index (χ0n) is 11.1. The second-order valence-corrected chi connectivity index (χ2v) is 6.58. The lowest BCUT2D eigenvalue weighted by Gasteiger charge is -2.38. The third kappa shape index (κ3) is 2.29. The summed E-state index contributed by atoms with van der Waals surface area (Å²) in [5.74, 6) is 2.16. The molecule has 1 saturated carbocycles. The first-order valence-corrected chi connectivity index (χ1v) is 7.82. The first kappa shape index (κ1) is 12.5. The molecule has 2 aliphatic rings. The maximum atomic E-state index is 5.34. The molecule has 1 aliphatic heterocycles. The van der Waals surface area contributed by atoms with Gasteiger partial charge >= 0.3 is 0 Å². The second-order valence-electron chi connectivity index (χ2n) is 5.66. The van der Waals surface area contributed by atoms with Crippen molar-refractivity contribution in [3.63, 3.8) is 0 Å². The maximum Gasteiger partial charge on any atom is 0.229 e. The standard InChI is InChI=1S/C13H16BrN5O/c14-10-4-15-19(5-10)11-6-18(7-11)8-12-16-13(20-17-12)9-2-1-3-9/h4-5,9,11H,1-3,6-8H2. The lowest BCUT2D eigenvalue weighted by molar-refractivity contribution is 0.0871. The SMILES string of the molecule is Brc1cnn(C2CN(Cc3noc(C4CCC4)n3)C2)c1. The summed E-state index contributed by atoms with van der Waals surface area (Å²) in [5, 5.41) is 8.40. The highest BCUT2D eigenvalue weighted by molar-refractivity contribution is 9.10. The van der Waals surface area contributed by atoms with Crippen molar-refractivity contribution in [1.29, 1.82) is 0 Å². The van der Waals surface area contributed by atoms with Gasteiger partial charge in [-0.05, 0) is 28.8 Å². The van der Waals surface area contributed by atoms with E-state index in [1.807, 2.05) is 17.1 Å². The number of hydrogen-bond donors (Lipinski definition) is 0. The summed E-state index contributed by atoms with van der Waals surface area (Å²) in [6, 6.07) is 0.458. The minimum Gasteiger partial charge on any atom is -0.339 e. The van der Waals surface area contributed by atoms with Crippen LogP contribution in [0.2, 0.25) is 0 Å². The summed E-state index contributed by atoms with van der Waals surface area (Å²) >= 11 is 3.42. The molecule has 2 aromatic heterocycles. The van der Waals surface area contributed by atoms with Gasteiger partial charge in [0.1, 0.15) is 0 Å². The summed E-state index contributed by atoms with van der Waals surface area (Å²) in [4.78, 5) is 6.82. The summed E-state index contributed by atoms with van der Waals surface area (Å²) < 4.78 is 8.38. The molecule has 20 heavy (non-hydrogen) atoms. The number of rotatable bonds is 4. The molecule has 2 fully saturated rings. The van der Waals surface area contributed by atoms with Crippen molar-refractivity contribution >= 4 is 15.9 Å². The summed E-state index contributed by atoms with van der Waals surface area (Å²) in [6.45, 7) is 2.75. The lowest BCUT2D eigenvalue weighted by Crippen LogP contribution is -2.47. The third-order valence-corrected chi connectivity index (χ3v) is 4.59. The van der Waals surface area contributed by atoms with Crippen LogP contribution in [0.4, 0.5) is 0 Å². The van der Waals surface area contributed by atoms with E-state index in [9.17, 15) is 0 Å². The van der Waals surface area contributed by atoms with Crippen LogP contribution >= 0.6 is 15.9 Å². The smallest absolute Gasteiger partial charge is 0.229 e. The Kier molecular flexibility index (Phi) is 3.11. The largest absolute Gasteiger partial charge is 0.339 e. The van der Waals surface area contributed by atoms with Crippen LogP contribution in [0.5, 0.6) is 0 Å². The van der Waals surface area contributed by atoms with Crippen LogP contribution in [0, 0.1) is 0 Å². The molecule has 0 atom stereocenters. The van der Waals surface area contributed by atoms with E-state index in [1.54, 1.807) is 0 Å². The van der Waals surface area contributed by atoms with Gasteiger partial charge in [-0.25, -0.2) is 0 Å². The van der Waals surface area contributed by atoms with Crippen molar-refractivity contribution in [3.05, 3.63) is 28.6 Å². The average Bonchev–Trinajstić information content (AvgIpc) is 2.90. The minimum atomic E-state index is 0.458. The number of nitrogens with zero attached hydrogens (tertiary/aromatic N) is 5. The molecule has 1 aliphatic carbocycles. The normalized spacial score (nSPS) is 20.9. The number of aromatic nitrogens is 4. The zero-order valence-corrected chi connectivity index (χ0v) is 12.7. The summed E-state index contributed by atoms with van der Waals surface area (Å²) in [5.41, 5.74) is 0. The fraction of sp³-hybridized carbons (Fsp3) is 0.615. The predicted molar refractivity (Wildman–Crippen MR) is 75.1 cm³/mol. The Hall–Kier alpha value is -1.21. The van der Waals surface area contributed by atoms with Crippen molar-refractivity contribution < 1.29 is 4.52 Å². The van der Waals surface area contributed by atoms with Gasteiger partial charge in [-0.3, -0.25) is 9.58 Å². The van der Waals surface area contributed by atoms with Gasteiger partial charge < -0.3 is 4.52 Å². The van der Waals surface area contributed by atoms with Crippen LogP contribution in [0.15, 0.2) is 21.4 Å². The number of hydrogen-bond acceptors (Lipinski definition) is 5. The molecule has 0 spiro atoms. The van der Waals surface area contributed by atoms with E-state index in [4.69, 9.17) is 4.52 Å². The number of halogens is 1. The highest BCUT2D eigenvalue weighted by atomic mass is 79.9. The molecule has 0 aromatic carbocycles. The third-order valence-electron chi connectivity index (χ3n) is 4.19. The topological polar surface area (TPSA) is 60.0 Å². The second kappa shape index (κ2) is 4.96. The van der Waals surface area contributed by atoms with Gasteiger partial charge in [-0.1, -0.05) is 11.6 Å². The van der Waals surface area contributed by atoms with Crippen molar-refractivity contribution in [2.75, 3.05) is 13.1 Å². The molecule has 0 amide bonds. The highest BCUT2D eigenvalue weighted by Crippen LogP contribution is 2.35. The minimum absolute atomic E-state index is 0.458. The lowest BCUT2D eigenvalue weighted by atomic mass is 9.85. The first-order valence-electron chi connectivity index (χ1n) is 7.02. The quantitative estimate of drug-likeness (QED) is 0.856. The highest BCUT2D eigenvalue weighted by Gasteiger charge is 2.31. The van der Waals surface area contributed by atoms with Gasteiger partial charge in [0.05, 0.1) is 23.3 Å². The van der Waals surface area contributed by atoms with Gasteiger partial charge in [0.25, 0.3) is 0 Å². The molecule has 2 aromatic rings. The van der Waals surface area contributed by atoms with Crippen LogP contribution in [0.1, 0.15) is 42.9 Å². The molecule has 0 bridgehead atoms. The van der Waals surface area contributed by atoms with E-state index in [0.29, 0.717) is 12.0 Å². The average molecular weight is 338 g/mol. The van der Waals surface area contributed by atoms with Gasteiger partial charge in [-0.15, -0.1) is 0 Å². The molecular formula is C13H16BrN5O. The van der Waals surface area contributed by atoms with Crippen molar-refractivity contribution in [2.45, 2.75) is 37.8 Å². The van der Waals surface area contributed by atoms with E-state index >= 15 is 0 Å². The van der Waals surface area contributed by atoms with Crippen LogP contribution in [-0.2, 0) is 6.54 Å². The Labute approximate surface area is 125 Å². The molecular weight excluding hydrogens is 322 g/mol. The van der Waals surface area contributed by atoms with Gasteiger partial charge in [0.15, 0.2) is 5.82 Å². The van der Waals surface area contributed by atoms with E-state index in [0.717, 1.165) is 35.8 Å². The molecule has 0 N–H and O–H groups in total. The van der Waals surface area contributed by atoms with Gasteiger partial charge in [-0.2, -0.15) is 10.1 Å². The summed E-state index contributed by atoms with van der Waals surface area (Å²) in [7, 11) is 0.